The van der Waals surface area contributed by atoms with Gasteiger partial charge in [0.15, 0.2) is 5.65 Å². The summed E-state index contributed by atoms with van der Waals surface area (Å²) < 4.78 is 2.93. The fourth-order valence-corrected chi connectivity index (χ4v) is 3.00. The van der Waals surface area contributed by atoms with Crippen molar-refractivity contribution in [1.82, 2.24) is 14.1 Å². The van der Waals surface area contributed by atoms with E-state index >= 15 is 0 Å². The highest BCUT2D eigenvalue weighted by atomic mass is 16.2. The predicted octanol–water partition coefficient (Wildman–Crippen LogP) is 1.83. The van der Waals surface area contributed by atoms with Crippen LogP contribution in [0.5, 0.6) is 0 Å². The van der Waals surface area contributed by atoms with Gasteiger partial charge in [-0.05, 0) is 37.8 Å². The maximum atomic E-state index is 12.8. The molecule has 3 rings (SSSR count). The van der Waals surface area contributed by atoms with E-state index in [1.165, 1.54) is 4.57 Å². The normalized spacial score (nSPS) is 18.0. The van der Waals surface area contributed by atoms with Gasteiger partial charge < -0.3 is 5.73 Å². The quantitative estimate of drug-likeness (QED) is 0.877. The van der Waals surface area contributed by atoms with Crippen molar-refractivity contribution in [1.29, 1.82) is 0 Å². The summed E-state index contributed by atoms with van der Waals surface area (Å²) in [7, 11) is 0. The number of nitrogens with zero attached hydrogens (tertiary/aromatic N) is 3. The number of fused-ring (bicyclic) bond motifs is 1. The minimum Gasteiger partial charge on any atom is -0.384 e. The molecule has 2 aromatic heterocycles. The van der Waals surface area contributed by atoms with Gasteiger partial charge in [0, 0.05) is 6.54 Å². The maximum Gasteiger partial charge on any atom is 0.333 e. The second kappa shape index (κ2) is 5.79. The van der Waals surface area contributed by atoms with E-state index in [0.717, 1.165) is 25.7 Å². The number of nitrogens with two attached hydrogens (primary N) is 1. The molecule has 2 N–H and O–H groups in total. The first-order valence-corrected chi connectivity index (χ1v) is 7.71. The summed E-state index contributed by atoms with van der Waals surface area (Å²) >= 11 is 0. The smallest absolute Gasteiger partial charge is 0.333 e. The molecule has 0 saturated heterocycles. The van der Waals surface area contributed by atoms with Crippen molar-refractivity contribution >= 4 is 16.9 Å². The molecule has 1 atom stereocenters. The van der Waals surface area contributed by atoms with E-state index in [2.05, 4.69) is 11.1 Å². The molecule has 0 spiro atoms. The highest BCUT2D eigenvalue weighted by Crippen LogP contribution is 2.23. The molecule has 2 heterocycles. The van der Waals surface area contributed by atoms with Crippen molar-refractivity contribution in [3.8, 4) is 0 Å². The first-order valence-electron chi connectivity index (χ1n) is 7.71. The average Bonchev–Trinajstić information content (AvgIpc) is 2.52. The minimum absolute atomic E-state index is 0.0678. The molecule has 1 aliphatic carbocycles. The molecule has 0 aromatic carbocycles. The lowest BCUT2D eigenvalue weighted by Gasteiger charge is -2.22. The Morgan fingerprint density at radius 1 is 1.36 bits per heavy atom. The molecule has 6 heteroatoms. The molecule has 0 bridgehead atoms. The van der Waals surface area contributed by atoms with Crippen LogP contribution in [0.15, 0.2) is 33.9 Å². The maximum absolute atomic E-state index is 12.8. The number of rotatable bonds is 3. The zero-order valence-electron chi connectivity index (χ0n) is 12.7. The average molecular weight is 300 g/mol. The number of aromatic nitrogens is 3. The van der Waals surface area contributed by atoms with Crippen LogP contribution in [0.1, 0.15) is 38.6 Å². The zero-order valence-corrected chi connectivity index (χ0v) is 12.7. The van der Waals surface area contributed by atoms with Gasteiger partial charge in [0.05, 0.1) is 11.4 Å². The number of pyridine rings is 1. The second-order valence-corrected chi connectivity index (χ2v) is 5.64. The Balaban J connectivity index is 2.39. The SMILES string of the molecule is CCCn1c(=O)c2ccc(N)nc2n(C2C=CCCC2)c1=O. The summed E-state index contributed by atoms with van der Waals surface area (Å²) in [5, 5.41) is 0.446. The molecule has 6 nitrogen and oxygen atoms in total. The van der Waals surface area contributed by atoms with Crippen LogP contribution < -0.4 is 17.0 Å². The second-order valence-electron chi connectivity index (χ2n) is 5.64. The van der Waals surface area contributed by atoms with Crippen LogP contribution in [0.2, 0.25) is 0 Å². The first kappa shape index (κ1) is 14.6. The summed E-state index contributed by atoms with van der Waals surface area (Å²) in [6.45, 7) is 2.36. The largest absolute Gasteiger partial charge is 0.384 e. The molecule has 0 radical (unpaired) electrons. The molecule has 1 unspecified atom stereocenters. The predicted molar refractivity (Wildman–Crippen MR) is 87.0 cm³/mol. The third kappa shape index (κ3) is 2.34. The van der Waals surface area contributed by atoms with Crippen molar-refractivity contribution in [2.75, 3.05) is 5.73 Å². The van der Waals surface area contributed by atoms with Gasteiger partial charge in [-0.3, -0.25) is 13.9 Å². The molecular formula is C16H20N4O2. The highest BCUT2D eigenvalue weighted by molar-refractivity contribution is 5.75. The van der Waals surface area contributed by atoms with Crippen LogP contribution in [0, 0.1) is 0 Å². The topological polar surface area (TPSA) is 82.9 Å². The Morgan fingerprint density at radius 2 is 2.18 bits per heavy atom. The van der Waals surface area contributed by atoms with E-state index < -0.39 is 0 Å². The molecule has 116 valence electrons. The van der Waals surface area contributed by atoms with Crippen molar-refractivity contribution < 1.29 is 0 Å². The molecule has 2 aromatic rings. The van der Waals surface area contributed by atoms with Gasteiger partial charge in [0.25, 0.3) is 5.56 Å². The monoisotopic (exact) mass is 300 g/mol. The van der Waals surface area contributed by atoms with E-state index in [4.69, 9.17) is 5.73 Å². The summed E-state index contributed by atoms with van der Waals surface area (Å²) in [6, 6.07) is 3.20. The highest BCUT2D eigenvalue weighted by Gasteiger charge is 2.20. The Kier molecular flexibility index (Phi) is 3.83. The van der Waals surface area contributed by atoms with E-state index in [0.29, 0.717) is 23.4 Å². The van der Waals surface area contributed by atoms with Gasteiger partial charge >= 0.3 is 5.69 Å². The number of anilines is 1. The lowest BCUT2D eigenvalue weighted by atomic mass is 10.0. The Bertz CT molecular complexity index is 848. The number of hydrogen-bond acceptors (Lipinski definition) is 4. The van der Waals surface area contributed by atoms with E-state index in [1.54, 1.807) is 16.7 Å². The molecule has 0 fully saturated rings. The summed E-state index contributed by atoms with van der Waals surface area (Å²) in [6.07, 6.45) is 7.73. The van der Waals surface area contributed by atoms with Gasteiger partial charge in [-0.2, -0.15) is 0 Å². The zero-order chi connectivity index (χ0) is 15.7. The van der Waals surface area contributed by atoms with Gasteiger partial charge in [0.2, 0.25) is 0 Å². The standard InChI is InChI=1S/C16H20N4O2/c1-2-10-19-15(21)12-8-9-13(17)18-14(12)20(16(19)22)11-6-4-3-5-7-11/h4,6,8-9,11H,2-3,5,7,10H2,1H3,(H2,17,18). The lowest BCUT2D eigenvalue weighted by molar-refractivity contribution is 0.478. The van der Waals surface area contributed by atoms with Crippen LogP contribution in [-0.2, 0) is 6.54 Å². The van der Waals surface area contributed by atoms with E-state index in [1.807, 2.05) is 13.0 Å². The van der Waals surface area contributed by atoms with Crippen molar-refractivity contribution in [2.45, 2.75) is 45.2 Å². The fraction of sp³-hybridized carbons (Fsp3) is 0.438. The summed E-state index contributed by atoms with van der Waals surface area (Å²) in [4.78, 5) is 29.6. The molecule has 0 amide bonds. The van der Waals surface area contributed by atoms with Gasteiger partial charge in [-0.15, -0.1) is 0 Å². The number of hydrogen-bond donors (Lipinski definition) is 1. The van der Waals surface area contributed by atoms with Gasteiger partial charge in [0.1, 0.15) is 5.82 Å². The number of allylic oxidation sites excluding steroid dienone is 2. The number of nitrogen functional groups attached to an aromatic ring is 1. The molecule has 0 saturated carbocycles. The third-order valence-electron chi connectivity index (χ3n) is 4.05. The van der Waals surface area contributed by atoms with Crippen LogP contribution in [0.25, 0.3) is 11.0 Å². The van der Waals surface area contributed by atoms with Gasteiger partial charge in [-0.25, -0.2) is 9.78 Å². The third-order valence-corrected chi connectivity index (χ3v) is 4.05. The summed E-state index contributed by atoms with van der Waals surface area (Å²) in [5.74, 6) is 0.313. The molecule has 1 aliphatic rings. The Morgan fingerprint density at radius 3 is 2.86 bits per heavy atom. The van der Waals surface area contributed by atoms with Crippen LogP contribution >= 0.6 is 0 Å². The Hall–Kier alpha value is -2.37. The molecule has 22 heavy (non-hydrogen) atoms. The van der Waals surface area contributed by atoms with Crippen molar-refractivity contribution in [3.05, 3.63) is 45.1 Å². The lowest BCUT2D eigenvalue weighted by Crippen LogP contribution is -2.41. The molecular weight excluding hydrogens is 280 g/mol. The van der Waals surface area contributed by atoms with Crippen molar-refractivity contribution in [3.63, 3.8) is 0 Å². The van der Waals surface area contributed by atoms with Crippen LogP contribution in [-0.4, -0.2) is 14.1 Å². The van der Waals surface area contributed by atoms with Crippen molar-refractivity contribution in [2.24, 2.45) is 0 Å². The first-order chi connectivity index (χ1) is 10.6. The fourth-order valence-electron chi connectivity index (χ4n) is 3.00. The van der Waals surface area contributed by atoms with Crippen LogP contribution in [0.4, 0.5) is 5.82 Å². The Labute approximate surface area is 127 Å². The van der Waals surface area contributed by atoms with Crippen LogP contribution in [0.3, 0.4) is 0 Å². The van der Waals surface area contributed by atoms with Gasteiger partial charge in [-0.1, -0.05) is 19.1 Å². The van der Waals surface area contributed by atoms with E-state index in [-0.39, 0.29) is 17.3 Å². The minimum atomic E-state index is -0.297. The van der Waals surface area contributed by atoms with E-state index in [9.17, 15) is 9.59 Å². The molecule has 0 aliphatic heterocycles. The summed E-state index contributed by atoms with van der Waals surface area (Å²) in [5.41, 5.74) is 5.57.